The van der Waals surface area contributed by atoms with Gasteiger partial charge in [0.25, 0.3) is 0 Å². The van der Waals surface area contributed by atoms with Gasteiger partial charge in [-0.25, -0.2) is 9.18 Å². The van der Waals surface area contributed by atoms with Crippen LogP contribution >= 0.6 is 0 Å². The molecule has 178 valence electrons. The number of alkyl carbamates (subject to hydrolysis) is 1. The van der Waals surface area contributed by atoms with Gasteiger partial charge in [0.15, 0.2) is 0 Å². The number of benzene rings is 1. The first-order chi connectivity index (χ1) is 14.8. The molecule has 1 aromatic carbocycles. The molecule has 6 nitrogen and oxygen atoms in total. The van der Waals surface area contributed by atoms with Crippen molar-refractivity contribution in [2.75, 3.05) is 19.6 Å². The molecule has 0 atom stereocenters. The molecule has 0 spiro atoms. The zero-order valence-corrected chi connectivity index (χ0v) is 20.6. The van der Waals surface area contributed by atoms with Gasteiger partial charge in [-0.2, -0.15) is 0 Å². The molecule has 0 radical (unpaired) electrons. The lowest BCUT2D eigenvalue weighted by atomic mass is 9.78. The molecule has 0 aromatic heterocycles. The third-order valence-corrected chi connectivity index (χ3v) is 6.64. The van der Waals surface area contributed by atoms with Crippen molar-refractivity contribution >= 4 is 18.7 Å². The van der Waals surface area contributed by atoms with Gasteiger partial charge in [-0.3, -0.25) is 4.90 Å². The van der Waals surface area contributed by atoms with E-state index in [0.29, 0.717) is 30.0 Å². The average Bonchev–Trinajstić information content (AvgIpc) is 2.89. The molecule has 0 aliphatic carbocycles. The fourth-order valence-electron chi connectivity index (χ4n) is 3.95. The van der Waals surface area contributed by atoms with E-state index in [2.05, 4.69) is 10.2 Å². The highest BCUT2D eigenvalue weighted by atomic mass is 19.1. The number of rotatable bonds is 5. The minimum atomic E-state index is -0.559. The van der Waals surface area contributed by atoms with Crippen molar-refractivity contribution in [1.82, 2.24) is 10.2 Å². The Morgan fingerprint density at radius 1 is 1.19 bits per heavy atom. The molecule has 0 bridgehead atoms. The van der Waals surface area contributed by atoms with Crippen molar-refractivity contribution in [2.45, 2.75) is 84.7 Å². The molecule has 1 amide bonds. The minimum absolute atomic E-state index is 0.231. The van der Waals surface area contributed by atoms with Crippen LogP contribution in [0.4, 0.5) is 9.18 Å². The number of nitrogens with zero attached hydrogens (tertiary/aromatic N) is 1. The molecule has 2 aliphatic rings. The largest absolute Gasteiger partial charge is 0.494 e. The summed E-state index contributed by atoms with van der Waals surface area (Å²) in [5.74, 6) is 0.181. The second-order valence-corrected chi connectivity index (χ2v) is 11.0. The van der Waals surface area contributed by atoms with Gasteiger partial charge < -0.3 is 19.4 Å². The van der Waals surface area contributed by atoms with Crippen molar-refractivity contribution in [1.29, 1.82) is 0 Å². The molecule has 0 unspecified atom stereocenters. The molecule has 2 fully saturated rings. The highest BCUT2D eigenvalue weighted by molar-refractivity contribution is 6.62. The third kappa shape index (κ3) is 6.24. The van der Waals surface area contributed by atoms with Crippen molar-refractivity contribution in [3.63, 3.8) is 0 Å². The fraction of sp³-hybridized carbons (Fsp3) is 0.708. The summed E-state index contributed by atoms with van der Waals surface area (Å²) in [6.07, 6.45) is 1.55. The summed E-state index contributed by atoms with van der Waals surface area (Å²) in [5, 5.41) is 2.86. The summed E-state index contributed by atoms with van der Waals surface area (Å²) in [4.78, 5) is 14.1. The standard InChI is InChI=1S/C24H38BFN2O4/c1-22(2,3)30-21(29)27-15-17-10-12-28(13-11-17)16-18-8-9-19(14-20(18)26)25-31-23(4,5)24(6,7)32-25/h8-9,14,17H,10-13,15-16H2,1-7H3,(H,27,29). The molecule has 2 heterocycles. The maximum Gasteiger partial charge on any atom is 0.494 e. The quantitative estimate of drug-likeness (QED) is 0.694. The zero-order chi connectivity index (χ0) is 23.7. The van der Waals surface area contributed by atoms with Crippen LogP contribution in [0.15, 0.2) is 18.2 Å². The minimum Gasteiger partial charge on any atom is -0.444 e. The number of piperidine rings is 1. The average molecular weight is 448 g/mol. The smallest absolute Gasteiger partial charge is 0.444 e. The van der Waals surface area contributed by atoms with E-state index in [9.17, 15) is 9.18 Å². The van der Waals surface area contributed by atoms with Crippen LogP contribution in [0.3, 0.4) is 0 Å². The van der Waals surface area contributed by atoms with Crippen LogP contribution in [0.5, 0.6) is 0 Å². The molecule has 32 heavy (non-hydrogen) atoms. The second-order valence-electron chi connectivity index (χ2n) is 11.0. The third-order valence-electron chi connectivity index (χ3n) is 6.64. The number of halogens is 1. The molecule has 0 saturated carbocycles. The highest BCUT2D eigenvalue weighted by Crippen LogP contribution is 2.36. The van der Waals surface area contributed by atoms with E-state index in [0.717, 1.165) is 25.9 Å². The Morgan fingerprint density at radius 3 is 2.31 bits per heavy atom. The van der Waals surface area contributed by atoms with Crippen molar-refractivity contribution < 1.29 is 23.2 Å². The molecule has 1 N–H and O–H groups in total. The van der Waals surface area contributed by atoms with E-state index < -0.39 is 23.9 Å². The molecular formula is C24H38BFN2O4. The van der Waals surface area contributed by atoms with E-state index >= 15 is 0 Å². The van der Waals surface area contributed by atoms with E-state index in [1.807, 2.05) is 60.6 Å². The van der Waals surface area contributed by atoms with E-state index in [-0.39, 0.29) is 11.9 Å². The Labute approximate surface area is 192 Å². The van der Waals surface area contributed by atoms with E-state index in [1.165, 1.54) is 6.07 Å². The Kier molecular flexibility index (Phi) is 7.28. The molecule has 3 rings (SSSR count). The summed E-state index contributed by atoms with van der Waals surface area (Å²) in [6.45, 7) is 16.5. The monoisotopic (exact) mass is 448 g/mol. The summed E-state index contributed by atoms with van der Waals surface area (Å²) in [6, 6.07) is 5.28. The van der Waals surface area contributed by atoms with Crippen LogP contribution in [0.25, 0.3) is 0 Å². The normalized spacial score (nSPS) is 21.6. The van der Waals surface area contributed by atoms with Gasteiger partial charge in [0, 0.05) is 18.7 Å². The topological polar surface area (TPSA) is 60.0 Å². The number of amides is 1. The summed E-state index contributed by atoms with van der Waals surface area (Å²) in [7, 11) is -0.559. The molecule has 2 saturated heterocycles. The summed E-state index contributed by atoms with van der Waals surface area (Å²) >= 11 is 0. The van der Waals surface area contributed by atoms with E-state index in [1.54, 1.807) is 0 Å². The molecule has 2 aliphatic heterocycles. The predicted octanol–water partition coefficient (Wildman–Crippen LogP) is 3.86. The Hall–Kier alpha value is -1.64. The van der Waals surface area contributed by atoms with Gasteiger partial charge in [0.05, 0.1) is 11.2 Å². The Morgan fingerprint density at radius 2 is 1.78 bits per heavy atom. The van der Waals surface area contributed by atoms with Crippen LogP contribution in [0.1, 0.15) is 66.9 Å². The van der Waals surface area contributed by atoms with Crippen LogP contribution in [-0.4, -0.2) is 54.5 Å². The van der Waals surface area contributed by atoms with Crippen LogP contribution in [0.2, 0.25) is 0 Å². The second kappa shape index (κ2) is 9.31. The SMILES string of the molecule is CC(C)(C)OC(=O)NCC1CCN(Cc2ccc(B3OC(C)(C)C(C)(C)O3)cc2F)CC1. The zero-order valence-electron chi connectivity index (χ0n) is 20.6. The van der Waals surface area contributed by atoms with Crippen molar-refractivity contribution in [3.05, 3.63) is 29.6 Å². The van der Waals surface area contributed by atoms with Gasteiger partial charge in [0.1, 0.15) is 11.4 Å². The number of nitrogens with one attached hydrogen (secondary N) is 1. The van der Waals surface area contributed by atoms with Gasteiger partial charge in [0.2, 0.25) is 0 Å². The maximum atomic E-state index is 14.9. The Balaban J connectivity index is 1.48. The maximum absolute atomic E-state index is 14.9. The van der Waals surface area contributed by atoms with E-state index in [4.69, 9.17) is 14.0 Å². The molecule has 8 heteroatoms. The van der Waals surface area contributed by atoms with Gasteiger partial charge in [-0.05, 0) is 91.8 Å². The van der Waals surface area contributed by atoms with Crippen molar-refractivity contribution in [3.8, 4) is 0 Å². The fourth-order valence-corrected chi connectivity index (χ4v) is 3.95. The highest BCUT2D eigenvalue weighted by Gasteiger charge is 2.51. The summed E-state index contributed by atoms with van der Waals surface area (Å²) < 4.78 is 32.2. The predicted molar refractivity (Wildman–Crippen MR) is 124 cm³/mol. The van der Waals surface area contributed by atoms with Crippen molar-refractivity contribution in [2.24, 2.45) is 5.92 Å². The lowest BCUT2D eigenvalue weighted by Gasteiger charge is -2.32. The van der Waals surface area contributed by atoms with Gasteiger partial charge in [-0.1, -0.05) is 12.1 Å². The van der Waals surface area contributed by atoms with Gasteiger partial charge >= 0.3 is 13.2 Å². The lowest BCUT2D eigenvalue weighted by Crippen LogP contribution is -2.41. The number of ether oxygens (including phenoxy) is 1. The Bertz CT molecular complexity index is 801. The number of carbonyl (C=O) groups is 1. The van der Waals surface area contributed by atoms with Crippen LogP contribution in [0, 0.1) is 11.7 Å². The number of hydrogen-bond acceptors (Lipinski definition) is 5. The first kappa shape index (κ1) is 25.0. The number of likely N-dealkylation sites (tertiary alicyclic amines) is 1. The number of carbonyl (C=O) groups excluding carboxylic acids is 1. The lowest BCUT2D eigenvalue weighted by molar-refractivity contribution is 0.00578. The van der Waals surface area contributed by atoms with Crippen LogP contribution in [-0.2, 0) is 20.6 Å². The molecule has 1 aromatic rings. The molecular weight excluding hydrogens is 410 g/mol. The first-order valence-corrected chi connectivity index (χ1v) is 11.6. The van der Waals surface area contributed by atoms with Gasteiger partial charge in [-0.15, -0.1) is 0 Å². The summed E-state index contributed by atoms with van der Waals surface area (Å²) in [5.41, 5.74) is -0.00654. The first-order valence-electron chi connectivity index (χ1n) is 11.6. The number of hydrogen-bond donors (Lipinski definition) is 1. The van der Waals surface area contributed by atoms with Crippen LogP contribution < -0.4 is 10.8 Å².